The van der Waals surface area contributed by atoms with Crippen molar-refractivity contribution in [2.45, 2.75) is 25.7 Å². The summed E-state index contributed by atoms with van der Waals surface area (Å²) in [6, 6.07) is 8.27. The molecule has 142 valence electrons. The third kappa shape index (κ3) is 9.31. The molecule has 1 atom stereocenters. The zero-order valence-electron chi connectivity index (χ0n) is 16.0. The molecule has 0 aliphatic rings. The number of hydrogen-bond acceptors (Lipinski definition) is 4. The summed E-state index contributed by atoms with van der Waals surface area (Å²) in [5.74, 6) is 2.20. The normalized spacial score (nSPS) is 12.7. The summed E-state index contributed by atoms with van der Waals surface area (Å²) in [5.41, 5.74) is 1.32. The van der Waals surface area contributed by atoms with E-state index in [-0.39, 0.29) is 0 Å². The first-order valence-corrected chi connectivity index (χ1v) is 8.86. The average Bonchev–Trinajstić information content (AvgIpc) is 2.65. The van der Waals surface area contributed by atoms with Gasteiger partial charge in [-0.25, -0.2) is 0 Å². The highest BCUT2D eigenvalue weighted by molar-refractivity contribution is 5.79. The van der Waals surface area contributed by atoms with Gasteiger partial charge in [-0.15, -0.1) is 0 Å². The Kier molecular flexibility index (Phi) is 11.5. The van der Waals surface area contributed by atoms with Gasteiger partial charge in [-0.3, -0.25) is 4.99 Å². The second-order valence-corrected chi connectivity index (χ2v) is 5.85. The van der Waals surface area contributed by atoms with E-state index in [1.165, 1.54) is 5.56 Å². The summed E-state index contributed by atoms with van der Waals surface area (Å²) in [4.78, 5) is 4.24. The Balaban J connectivity index is 2.17. The van der Waals surface area contributed by atoms with E-state index < -0.39 is 0 Å². The molecule has 0 aliphatic carbocycles. The number of methoxy groups -OCH3 is 2. The van der Waals surface area contributed by atoms with Gasteiger partial charge >= 0.3 is 0 Å². The standard InChI is InChI=1S/C19H33N3O3/c1-16(17-6-8-18(24-4)9-7-17)10-12-22-19(20-2)21-11-5-13-25-15-14-23-3/h6-9,16H,5,10-15H2,1-4H3,(H2,20,21,22). The molecule has 1 aromatic rings. The number of ether oxygens (including phenoxy) is 3. The first kappa shape index (κ1) is 21.3. The fourth-order valence-electron chi connectivity index (χ4n) is 2.35. The van der Waals surface area contributed by atoms with Crippen LogP contribution in [0.25, 0.3) is 0 Å². The summed E-state index contributed by atoms with van der Waals surface area (Å²) < 4.78 is 15.6. The van der Waals surface area contributed by atoms with E-state index in [9.17, 15) is 0 Å². The van der Waals surface area contributed by atoms with Crippen molar-refractivity contribution < 1.29 is 14.2 Å². The summed E-state index contributed by atoms with van der Waals surface area (Å²) in [7, 11) is 5.15. The zero-order chi connectivity index (χ0) is 18.3. The molecule has 2 N–H and O–H groups in total. The Morgan fingerprint density at radius 3 is 2.40 bits per heavy atom. The molecule has 1 aromatic carbocycles. The fourth-order valence-corrected chi connectivity index (χ4v) is 2.35. The number of nitrogens with one attached hydrogen (secondary N) is 2. The van der Waals surface area contributed by atoms with E-state index in [1.807, 2.05) is 12.1 Å². The van der Waals surface area contributed by atoms with Crippen LogP contribution in [-0.2, 0) is 9.47 Å². The summed E-state index contributed by atoms with van der Waals surface area (Å²) in [6.07, 6.45) is 1.97. The highest BCUT2D eigenvalue weighted by Crippen LogP contribution is 2.21. The molecule has 0 saturated heterocycles. The Morgan fingerprint density at radius 1 is 1.04 bits per heavy atom. The molecule has 25 heavy (non-hydrogen) atoms. The van der Waals surface area contributed by atoms with E-state index in [1.54, 1.807) is 21.3 Å². The number of nitrogens with zero attached hydrogens (tertiary/aromatic N) is 1. The van der Waals surface area contributed by atoms with E-state index in [4.69, 9.17) is 14.2 Å². The minimum absolute atomic E-state index is 0.477. The predicted octanol–water partition coefficient (Wildman–Crippen LogP) is 2.41. The summed E-state index contributed by atoms with van der Waals surface area (Å²) in [5, 5.41) is 6.66. The second kappa shape index (κ2) is 13.5. The fraction of sp³-hybridized carbons (Fsp3) is 0.632. The monoisotopic (exact) mass is 351 g/mol. The lowest BCUT2D eigenvalue weighted by Gasteiger charge is -2.15. The SMILES string of the molecule is CN=C(NCCCOCCOC)NCCC(C)c1ccc(OC)cc1. The van der Waals surface area contributed by atoms with E-state index in [0.717, 1.165) is 44.2 Å². The topological polar surface area (TPSA) is 64.1 Å². The molecule has 6 nitrogen and oxygen atoms in total. The highest BCUT2D eigenvalue weighted by Gasteiger charge is 2.06. The highest BCUT2D eigenvalue weighted by atomic mass is 16.5. The zero-order valence-corrected chi connectivity index (χ0v) is 16.0. The van der Waals surface area contributed by atoms with Crippen LogP contribution in [0.1, 0.15) is 31.2 Å². The lowest BCUT2D eigenvalue weighted by atomic mass is 9.98. The molecule has 1 rings (SSSR count). The first-order valence-electron chi connectivity index (χ1n) is 8.86. The molecular formula is C19H33N3O3. The molecule has 0 radical (unpaired) electrons. The molecule has 0 heterocycles. The Bertz CT molecular complexity index is 477. The third-order valence-electron chi connectivity index (χ3n) is 3.97. The molecule has 0 fully saturated rings. The van der Waals surface area contributed by atoms with Gasteiger partial charge in [0.1, 0.15) is 5.75 Å². The summed E-state index contributed by atoms with van der Waals surface area (Å²) >= 11 is 0. The molecular weight excluding hydrogens is 318 g/mol. The number of rotatable bonds is 12. The van der Waals surface area contributed by atoms with Crippen LogP contribution in [0.5, 0.6) is 5.75 Å². The van der Waals surface area contributed by atoms with Crippen molar-refractivity contribution in [2.24, 2.45) is 4.99 Å². The van der Waals surface area contributed by atoms with Crippen LogP contribution in [0.2, 0.25) is 0 Å². The van der Waals surface area contributed by atoms with Crippen LogP contribution in [-0.4, -0.2) is 60.1 Å². The number of benzene rings is 1. The number of aliphatic imine (C=N–C) groups is 1. The van der Waals surface area contributed by atoms with Crippen LogP contribution in [0.3, 0.4) is 0 Å². The minimum atomic E-state index is 0.477. The Labute approximate surface area is 152 Å². The molecule has 6 heteroatoms. The molecule has 0 spiro atoms. The Hall–Kier alpha value is -1.79. The van der Waals surface area contributed by atoms with Crippen LogP contribution in [0.15, 0.2) is 29.3 Å². The second-order valence-electron chi connectivity index (χ2n) is 5.85. The van der Waals surface area contributed by atoms with Crippen molar-refractivity contribution in [1.29, 1.82) is 0 Å². The van der Waals surface area contributed by atoms with Crippen LogP contribution < -0.4 is 15.4 Å². The van der Waals surface area contributed by atoms with Crippen molar-refractivity contribution in [2.75, 3.05) is 54.2 Å². The van der Waals surface area contributed by atoms with Gasteiger partial charge in [0.25, 0.3) is 0 Å². The van der Waals surface area contributed by atoms with Crippen LogP contribution in [0, 0.1) is 0 Å². The smallest absolute Gasteiger partial charge is 0.190 e. The average molecular weight is 351 g/mol. The lowest BCUT2D eigenvalue weighted by Crippen LogP contribution is -2.38. The predicted molar refractivity (Wildman–Crippen MR) is 103 cm³/mol. The molecule has 0 amide bonds. The van der Waals surface area contributed by atoms with E-state index in [2.05, 4.69) is 34.7 Å². The third-order valence-corrected chi connectivity index (χ3v) is 3.97. The maximum Gasteiger partial charge on any atom is 0.190 e. The quantitative estimate of drug-likeness (QED) is 0.344. The van der Waals surface area contributed by atoms with Crippen molar-refractivity contribution in [1.82, 2.24) is 10.6 Å². The van der Waals surface area contributed by atoms with Gasteiger partial charge < -0.3 is 24.8 Å². The van der Waals surface area contributed by atoms with Gasteiger partial charge in [0, 0.05) is 33.9 Å². The summed E-state index contributed by atoms with van der Waals surface area (Å²) in [6.45, 7) is 5.95. The van der Waals surface area contributed by atoms with Gasteiger partial charge in [-0.05, 0) is 36.5 Å². The van der Waals surface area contributed by atoms with E-state index in [0.29, 0.717) is 19.1 Å². The first-order chi connectivity index (χ1) is 12.2. The molecule has 0 saturated carbocycles. The van der Waals surface area contributed by atoms with Crippen LogP contribution in [0.4, 0.5) is 0 Å². The molecule has 0 aromatic heterocycles. The van der Waals surface area contributed by atoms with Crippen molar-refractivity contribution >= 4 is 5.96 Å². The Morgan fingerprint density at radius 2 is 1.76 bits per heavy atom. The lowest BCUT2D eigenvalue weighted by molar-refractivity contribution is 0.0698. The van der Waals surface area contributed by atoms with Crippen LogP contribution >= 0.6 is 0 Å². The van der Waals surface area contributed by atoms with Gasteiger partial charge in [0.15, 0.2) is 5.96 Å². The number of hydrogen-bond donors (Lipinski definition) is 2. The van der Waals surface area contributed by atoms with Crippen molar-refractivity contribution in [3.63, 3.8) is 0 Å². The van der Waals surface area contributed by atoms with Gasteiger partial charge in [-0.1, -0.05) is 19.1 Å². The number of guanidine groups is 1. The maximum absolute atomic E-state index is 5.43. The minimum Gasteiger partial charge on any atom is -0.497 e. The van der Waals surface area contributed by atoms with Crippen molar-refractivity contribution in [3.05, 3.63) is 29.8 Å². The largest absolute Gasteiger partial charge is 0.497 e. The van der Waals surface area contributed by atoms with Crippen molar-refractivity contribution in [3.8, 4) is 5.75 Å². The molecule has 1 unspecified atom stereocenters. The molecule has 0 bridgehead atoms. The molecule has 0 aliphatic heterocycles. The van der Waals surface area contributed by atoms with Gasteiger partial charge in [0.2, 0.25) is 0 Å². The van der Waals surface area contributed by atoms with Gasteiger partial charge in [-0.2, -0.15) is 0 Å². The van der Waals surface area contributed by atoms with Gasteiger partial charge in [0.05, 0.1) is 20.3 Å². The maximum atomic E-state index is 5.43. The van der Waals surface area contributed by atoms with E-state index >= 15 is 0 Å².